The third kappa shape index (κ3) is 4.05. The third-order valence-electron chi connectivity index (χ3n) is 3.72. The van der Waals surface area contributed by atoms with Crippen LogP contribution in [0.3, 0.4) is 0 Å². The second-order valence-corrected chi connectivity index (χ2v) is 5.44. The van der Waals surface area contributed by atoms with Crippen molar-refractivity contribution in [2.75, 3.05) is 19.7 Å². The van der Waals surface area contributed by atoms with Crippen LogP contribution >= 0.6 is 0 Å². The van der Waals surface area contributed by atoms with E-state index in [1.807, 2.05) is 18.2 Å². The molecule has 0 spiro atoms. The van der Waals surface area contributed by atoms with Crippen molar-refractivity contribution >= 4 is 5.84 Å². The lowest BCUT2D eigenvalue weighted by Gasteiger charge is -2.33. The number of nitrogens with one attached hydrogen (secondary N) is 1. The van der Waals surface area contributed by atoms with E-state index in [1.165, 1.54) is 6.42 Å². The minimum atomic E-state index is 0.149. The monoisotopic (exact) mass is 275 g/mol. The fraction of sp³-hybridized carbons (Fsp3) is 0.562. The lowest BCUT2D eigenvalue weighted by molar-refractivity contribution is -0.00224. The van der Waals surface area contributed by atoms with Crippen molar-refractivity contribution in [3.05, 3.63) is 35.4 Å². The van der Waals surface area contributed by atoms with Crippen molar-refractivity contribution < 1.29 is 4.74 Å². The number of hydrogen-bond donors (Lipinski definition) is 2. The third-order valence-corrected chi connectivity index (χ3v) is 3.72. The quantitative estimate of drug-likeness (QED) is 0.619. The van der Waals surface area contributed by atoms with Gasteiger partial charge in [-0.1, -0.05) is 31.2 Å². The van der Waals surface area contributed by atoms with Crippen LogP contribution in [0.5, 0.6) is 0 Å². The average molecular weight is 275 g/mol. The van der Waals surface area contributed by atoms with Gasteiger partial charge in [-0.3, -0.25) is 10.3 Å². The van der Waals surface area contributed by atoms with Crippen LogP contribution in [0.1, 0.15) is 37.3 Å². The predicted octanol–water partition coefficient (Wildman–Crippen LogP) is 2.36. The first-order valence-corrected chi connectivity index (χ1v) is 7.47. The van der Waals surface area contributed by atoms with Gasteiger partial charge in [-0.2, -0.15) is 0 Å². The molecular weight excluding hydrogens is 250 g/mol. The highest BCUT2D eigenvalue weighted by Gasteiger charge is 2.21. The molecule has 2 rings (SSSR count). The molecule has 1 saturated heterocycles. The number of benzene rings is 1. The van der Waals surface area contributed by atoms with Crippen LogP contribution < -0.4 is 5.73 Å². The predicted molar refractivity (Wildman–Crippen MR) is 82.0 cm³/mol. The molecule has 0 bridgehead atoms. The highest BCUT2D eigenvalue weighted by atomic mass is 16.5. The van der Waals surface area contributed by atoms with Gasteiger partial charge in [0.1, 0.15) is 5.84 Å². The van der Waals surface area contributed by atoms with E-state index in [9.17, 15) is 0 Å². The summed E-state index contributed by atoms with van der Waals surface area (Å²) in [7, 11) is 0. The zero-order chi connectivity index (χ0) is 14.4. The molecular formula is C16H25N3O. The molecule has 0 aliphatic carbocycles. The largest absolute Gasteiger partial charge is 0.384 e. The van der Waals surface area contributed by atoms with Crippen molar-refractivity contribution in [1.29, 1.82) is 5.41 Å². The number of nitrogens with zero attached hydrogens (tertiary/aromatic N) is 1. The van der Waals surface area contributed by atoms with Gasteiger partial charge < -0.3 is 10.5 Å². The zero-order valence-corrected chi connectivity index (χ0v) is 12.3. The zero-order valence-electron chi connectivity index (χ0n) is 12.3. The van der Waals surface area contributed by atoms with Gasteiger partial charge in [0.25, 0.3) is 0 Å². The van der Waals surface area contributed by atoms with Gasteiger partial charge in [-0.15, -0.1) is 0 Å². The maximum absolute atomic E-state index is 7.66. The summed E-state index contributed by atoms with van der Waals surface area (Å²) < 4.78 is 5.87. The molecule has 1 aromatic rings. The van der Waals surface area contributed by atoms with Crippen molar-refractivity contribution in [2.24, 2.45) is 5.73 Å². The van der Waals surface area contributed by atoms with Crippen LogP contribution in [0, 0.1) is 5.41 Å². The number of amidine groups is 1. The van der Waals surface area contributed by atoms with E-state index in [1.54, 1.807) is 0 Å². The van der Waals surface area contributed by atoms with E-state index < -0.39 is 0 Å². The highest BCUT2D eigenvalue weighted by molar-refractivity contribution is 5.96. The molecule has 1 fully saturated rings. The Balaban J connectivity index is 1.97. The number of rotatable bonds is 6. The van der Waals surface area contributed by atoms with Gasteiger partial charge in [-0.25, -0.2) is 0 Å². The maximum atomic E-state index is 7.66. The molecule has 0 aromatic heterocycles. The molecule has 0 radical (unpaired) electrons. The van der Waals surface area contributed by atoms with Gasteiger partial charge in [0.05, 0.1) is 6.10 Å². The van der Waals surface area contributed by atoms with Crippen LogP contribution in [0.25, 0.3) is 0 Å². The summed E-state index contributed by atoms with van der Waals surface area (Å²) in [4.78, 5) is 2.41. The second kappa shape index (κ2) is 7.41. The molecule has 4 nitrogen and oxygen atoms in total. The van der Waals surface area contributed by atoms with Crippen LogP contribution in [0.2, 0.25) is 0 Å². The standard InChI is InChI=1S/C16H25N3O/c1-2-10-20-14-7-5-9-19(12-14)11-13-6-3-4-8-15(13)16(17)18/h3-4,6,8,14H,2,5,7,9-12H2,1H3,(H3,17,18). The molecule has 1 unspecified atom stereocenters. The highest BCUT2D eigenvalue weighted by Crippen LogP contribution is 2.18. The SMILES string of the molecule is CCCOC1CCCN(Cc2ccccc2C(=N)N)C1. The lowest BCUT2D eigenvalue weighted by Crippen LogP contribution is -2.39. The molecule has 110 valence electrons. The lowest BCUT2D eigenvalue weighted by atomic mass is 10.0. The number of nitrogens with two attached hydrogens (primary N) is 1. The molecule has 4 heteroatoms. The van der Waals surface area contributed by atoms with Gasteiger partial charge in [0.15, 0.2) is 0 Å². The average Bonchev–Trinajstić information content (AvgIpc) is 2.46. The summed E-state index contributed by atoms with van der Waals surface area (Å²) in [6.07, 6.45) is 3.76. The van der Waals surface area contributed by atoms with Crippen LogP contribution in [-0.4, -0.2) is 36.5 Å². The molecule has 20 heavy (non-hydrogen) atoms. The first-order valence-electron chi connectivity index (χ1n) is 7.47. The Morgan fingerprint density at radius 1 is 1.45 bits per heavy atom. The normalized spacial score (nSPS) is 19.9. The Labute approximate surface area is 121 Å². The van der Waals surface area contributed by atoms with Gasteiger partial charge in [-0.05, 0) is 31.4 Å². The second-order valence-electron chi connectivity index (χ2n) is 5.44. The van der Waals surface area contributed by atoms with Crippen molar-refractivity contribution in [1.82, 2.24) is 4.90 Å². The number of likely N-dealkylation sites (tertiary alicyclic amines) is 1. The van der Waals surface area contributed by atoms with E-state index in [0.29, 0.717) is 6.10 Å². The first-order chi connectivity index (χ1) is 9.70. The first kappa shape index (κ1) is 15.0. The van der Waals surface area contributed by atoms with Crippen molar-refractivity contribution in [3.8, 4) is 0 Å². The minimum absolute atomic E-state index is 0.149. The molecule has 0 amide bonds. The fourth-order valence-electron chi connectivity index (χ4n) is 2.74. The Kier molecular flexibility index (Phi) is 5.56. The summed E-state index contributed by atoms with van der Waals surface area (Å²) in [6, 6.07) is 7.93. The van der Waals surface area contributed by atoms with Gasteiger partial charge in [0, 0.05) is 25.3 Å². The van der Waals surface area contributed by atoms with Gasteiger partial charge >= 0.3 is 0 Å². The molecule has 1 aromatic carbocycles. The molecule has 1 heterocycles. The van der Waals surface area contributed by atoms with E-state index >= 15 is 0 Å². The molecule has 1 aliphatic heterocycles. The number of hydrogen-bond acceptors (Lipinski definition) is 3. The minimum Gasteiger partial charge on any atom is -0.384 e. The van der Waals surface area contributed by atoms with Crippen LogP contribution in [0.4, 0.5) is 0 Å². The number of ether oxygens (including phenoxy) is 1. The Morgan fingerprint density at radius 3 is 3.00 bits per heavy atom. The molecule has 1 atom stereocenters. The van der Waals surface area contributed by atoms with E-state index in [2.05, 4.69) is 17.9 Å². The Morgan fingerprint density at radius 2 is 2.25 bits per heavy atom. The van der Waals surface area contributed by atoms with Crippen molar-refractivity contribution in [2.45, 2.75) is 38.8 Å². The van der Waals surface area contributed by atoms with E-state index in [4.69, 9.17) is 15.9 Å². The Hall–Kier alpha value is -1.39. The smallest absolute Gasteiger partial charge is 0.123 e. The number of piperidine rings is 1. The van der Waals surface area contributed by atoms with Crippen LogP contribution in [-0.2, 0) is 11.3 Å². The summed E-state index contributed by atoms with van der Waals surface area (Å²) in [5.74, 6) is 0.149. The topological polar surface area (TPSA) is 62.3 Å². The fourth-order valence-corrected chi connectivity index (χ4v) is 2.74. The summed E-state index contributed by atoms with van der Waals surface area (Å²) in [6.45, 7) is 5.92. The maximum Gasteiger partial charge on any atom is 0.123 e. The van der Waals surface area contributed by atoms with Crippen LogP contribution in [0.15, 0.2) is 24.3 Å². The molecule has 1 aliphatic rings. The molecule has 3 N–H and O–H groups in total. The van der Waals surface area contributed by atoms with Crippen molar-refractivity contribution in [3.63, 3.8) is 0 Å². The van der Waals surface area contributed by atoms with Gasteiger partial charge in [0.2, 0.25) is 0 Å². The molecule has 0 saturated carbocycles. The summed E-state index contributed by atoms with van der Waals surface area (Å²) >= 11 is 0. The summed E-state index contributed by atoms with van der Waals surface area (Å²) in [5.41, 5.74) is 7.64. The number of nitrogen functional groups attached to an aromatic ring is 1. The van der Waals surface area contributed by atoms with E-state index in [-0.39, 0.29) is 5.84 Å². The summed E-state index contributed by atoms with van der Waals surface area (Å²) in [5, 5.41) is 7.66. The van der Waals surface area contributed by atoms with E-state index in [0.717, 1.165) is 50.2 Å². The Bertz CT molecular complexity index is 447.